The lowest BCUT2D eigenvalue weighted by molar-refractivity contribution is -0.121. The van der Waals surface area contributed by atoms with Gasteiger partial charge in [-0.2, -0.15) is 0 Å². The molecule has 1 aromatic heterocycles. The highest BCUT2D eigenvalue weighted by molar-refractivity contribution is 9.10. The Morgan fingerprint density at radius 2 is 2.20 bits per heavy atom. The van der Waals surface area contributed by atoms with E-state index in [9.17, 15) is 9.59 Å². The number of ether oxygens (including phenoxy) is 1. The minimum Gasteiger partial charge on any atom is -0.385 e. The third-order valence-electron chi connectivity index (χ3n) is 2.53. The summed E-state index contributed by atoms with van der Waals surface area (Å²) in [6.45, 7) is 1.14. The van der Waals surface area contributed by atoms with Gasteiger partial charge in [-0.05, 0) is 28.4 Å². The SMILES string of the molecule is COCCCNC(=O)CN(C)C(=O)c1cncc(Br)c1. The molecule has 20 heavy (non-hydrogen) atoms. The van der Waals surface area contributed by atoms with Crippen LogP contribution in [0, 0.1) is 0 Å². The summed E-state index contributed by atoms with van der Waals surface area (Å²) in [4.78, 5) is 29.0. The Bertz CT molecular complexity index is 468. The van der Waals surface area contributed by atoms with Crippen molar-refractivity contribution in [3.05, 3.63) is 28.5 Å². The van der Waals surface area contributed by atoms with E-state index in [1.165, 1.54) is 11.1 Å². The van der Waals surface area contributed by atoms with Crippen LogP contribution in [0.4, 0.5) is 0 Å². The Labute approximate surface area is 126 Å². The van der Waals surface area contributed by atoms with Gasteiger partial charge in [0.2, 0.25) is 5.91 Å². The highest BCUT2D eigenvalue weighted by Gasteiger charge is 2.15. The van der Waals surface area contributed by atoms with Gasteiger partial charge in [0, 0.05) is 44.2 Å². The number of hydrogen-bond acceptors (Lipinski definition) is 4. The normalized spacial score (nSPS) is 10.2. The van der Waals surface area contributed by atoms with Crippen LogP contribution in [0.25, 0.3) is 0 Å². The fourth-order valence-electron chi connectivity index (χ4n) is 1.54. The number of rotatable bonds is 7. The fraction of sp³-hybridized carbons (Fsp3) is 0.462. The third-order valence-corrected chi connectivity index (χ3v) is 2.96. The van der Waals surface area contributed by atoms with Crippen molar-refractivity contribution in [1.82, 2.24) is 15.2 Å². The summed E-state index contributed by atoms with van der Waals surface area (Å²) in [5.74, 6) is -0.439. The summed E-state index contributed by atoms with van der Waals surface area (Å²) in [5.41, 5.74) is 0.439. The molecule has 1 aromatic rings. The fourth-order valence-corrected chi connectivity index (χ4v) is 1.90. The van der Waals surface area contributed by atoms with E-state index in [0.717, 1.165) is 10.9 Å². The van der Waals surface area contributed by atoms with Crippen LogP contribution < -0.4 is 5.32 Å². The predicted octanol–water partition coefficient (Wildman–Crippen LogP) is 1.07. The number of carbonyl (C=O) groups is 2. The summed E-state index contributed by atoms with van der Waals surface area (Å²) in [5, 5.41) is 2.73. The maximum atomic E-state index is 12.1. The monoisotopic (exact) mass is 343 g/mol. The summed E-state index contributed by atoms with van der Waals surface area (Å²) in [6.07, 6.45) is 3.81. The number of methoxy groups -OCH3 is 1. The van der Waals surface area contributed by atoms with Crippen LogP contribution in [0.1, 0.15) is 16.8 Å². The molecule has 0 saturated heterocycles. The number of pyridine rings is 1. The van der Waals surface area contributed by atoms with Gasteiger partial charge < -0.3 is 15.0 Å². The van der Waals surface area contributed by atoms with E-state index in [2.05, 4.69) is 26.2 Å². The van der Waals surface area contributed by atoms with Gasteiger partial charge in [-0.1, -0.05) is 0 Å². The van der Waals surface area contributed by atoms with Crippen molar-refractivity contribution in [3.8, 4) is 0 Å². The molecular formula is C13H18BrN3O3. The van der Waals surface area contributed by atoms with Crippen LogP contribution in [0.5, 0.6) is 0 Å². The van der Waals surface area contributed by atoms with Crippen molar-refractivity contribution < 1.29 is 14.3 Å². The van der Waals surface area contributed by atoms with E-state index >= 15 is 0 Å². The number of amides is 2. The number of nitrogens with zero attached hydrogens (tertiary/aromatic N) is 2. The predicted molar refractivity (Wildman–Crippen MR) is 78.4 cm³/mol. The van der Waals surface area contributed by atoms with Gasteiger partial charge in [0.25, 0.3) is 5.91 Å². The van der Waals surface area contributed by atoms with Crippen LogP contribution in [-0.4, -0.2) is 55.6 Å². The topological polar surface area (TPSA) is 71.5 Å². The lowest BCUT2D eigenvalue weighted by Gasteiger charge is -2.16. The molecule has 1 N–H and O–H groups in total. The number of nitrogens with one attached hydrogen (secondary N) is 1. The first kappa shape index (κ1) is 16.6. The van der Waals surface area contributed by atoms with Gasteiger partial charge in [0.05, 0.1) is 12.1 Å². The first-order valence-electron chi connectivity index (χ1n) is 6.16. The minimum absolute atomic E-state index is 0.0122. The Balaban J connectivity index is 2.43. The molecule has 0 radical (unpaired) electrons. The Morgan fingerprint density at radius 3 is 2.85 bits per heavy atom. The molecule has 0 saturated carbocycles. The molecule has 0 aliphatic carbocycles. The molecule has 7 heteroatoms. The quantitative estimate of drug-likeness (QED) is 0.751. The molecular weight excluding hydrogens is 326 g/mol. The van der Waals surface area contributed by atoms with Gasteiger partial charge in [-0.15, -0.1) is 0 Å². The molecule has 6 nitrogen and oxygen atoms in total. The third kappa shape index (κ3) is 5.66. The lowest BCUT2D eigenvalue weighted by atomic mass is 10.2. The summed E-state index contributed by atoms with van der Waals surface area (Å²) < 4.78 is 5.61. The lowest BCUT2D eigenvalue weighted by Crippen LogP contribution is -2.38. The zero-order valence-corrected chi connectivity index (χ0v) is 13.1. The van der Waals surface area contributed by atoms with E-state index in [-0.39, 0.29) is 18.4 Å². The molecule has 0 aromatic carbocycles. The molecule has 0 fully saturated rings. The van der Waals surface area contributed by atoms with Gasteiger partial charge in [-0.3, -0.25) is 14.6 Å². The average molecular weight is 344 g/mol. The largest absolute Gasteiger partial charge is 0.385 e. The highest BCUT2D eigenvalue weighted by Crippen LogP contribution is 2.10. The van der Waals surface area contributed by atoms with Crippen LogP contribution in [0.2, 0.25) is 0 Å². The van der Waals surface area contributed by atoms with E-state index in [1.807, 2.05) is 0 Å². The second kappa shape index (κ2) is 8.65. The molecule has 1 heterocycles. The van der Waals surface area contributed by atoms with Crippen molar-refractivity contribution in [1.29, 1.82) is 0 Å². The molecule has 0 aliphatic rings. The molecule has 110 valence electrons. The Morgan fingerprint density at radius 1 is 1.45 bits per heavy atom. The summed E-state index contributed by atoms with van der Waals surface area (Å²) >= 11 is 3.25. The van der Waals surface area contributed by atoms with E-state index in [0.29, 0.717) is 18.7 Å². The minimum atomic E-state index is -0.245. The smallest absolute Gasteiger partial charge is 0.255 e. The van der Waals surface area contributed by atoms with E-state index < -0.39 is 0 Å². The van der Waals surface area contributed by atoms with Gasteiger partial charge >= 0.3 is 0 Å². The van der Waals surface area contributed by atoms with Crippen LogP contribution in [-0.2, 0) is 9.53 Å². The zero-order valence-electron chi connectivity index (χ0n) is 11.6. The van der Waals surface area contributed by atoms with Crippen molar-refractivity contribution in [2.45, 2.75) is 6.42 Å². The Kier molecular flexibility index (Phi) is 7.17. The van der Waals surface area contributed by atoms with Crippen LogP contribution in [0.15, 0.2) is 22.9 Å². The van der Waals surface area contributed by atoms with Crippen molar-refractivity contribution >= 4 is 27.7 Å². The molecule has 2 amide bonds. The maximum Gasteiger partial charge on any atom is 0.255 e. The van der Waals surface area contributed by atoms with Crippen LogP contribution in [0.3, 0.4) is 0 Å². The molecule has 0 atom stereocenters. The molecule has 0 spiro atoms. The second-order valence-corrected chi connectivity index (χ2v) is 5.17. The first-order chi connectivity index (χ1) is 9.54. The van der Waals surface area contributed by atoms with Gasteiger partial charge in [-0.25, -0.2) is 0 Å². The van der Waals surface area contributed by atoms with Crippen LogP contribution >= 0.6 is 15.9 Å². The number of likely N-dealkylation sites (N-methyl/N-ethyl adjacent to an activating group) is 1. The summed E-state index contributed by atoms with van der Waals surface area (Å²) in [6, 6.07) is 1.67. The molecule has 1 rings (SSSR count). The number of aromatic nitrogens is 1. The number of hydrogen-bond donors (Lipinski definition) is 1. The Hall–Kier alpha value is -1.47. The van der Waals surface area contributed by atoms with Gasteiger partial charge in [0.15, 0.2) is 0 Å². The highest BCUT2D eigenvalue weighted by atomic mass is 79.9. The molecule has 0 bridgehead atoms. The summed E-state index contributed by atoms with van der Waals surface area (Å²) in [7, 11) is 3.19. The average Bonchev–Trinajstić information content (AvgIpc) is 2.42. The van der Waals surface area contributed by atoms with Crippen molar-refractivity contribution in [3.63, 3.8) is 0 Å². The zero-order chi connectivity index (χ0) is 15.0. The van der Waals surface area contributed by atoms with E-state index in [1.54, 1.807) is 26.4 Å². The molecule has 0 unspecified atom stereocenters. The second-order valence-electron chi connectivity index (χ2n) is 4.25. The van der Waals surface area contributed by atoms with E-state index in [4.69, 9.17) is 4.74 Å². The number of halogens is 1. The number of carbonyl (C=O) groups excluding carboxylic acids is 2. The van der Waals surface area contributed by atoms with Crippen molar-refractivity contribution in [2.75, 3.05) is 33.9 Å². The van der Waals surface area contributed by atoms with Gasteiger partial charge in [0.1, 0.15) is 0 Å². The molecule has 0 aliphatic heterocycles. The standard InChI is InChI=1S/C13H18BrN3O3/c1-17(9-12(18)16-4-3-5-20-2)13(19)10-6-11(14)8-15-7-10/h6-8H,3-5,9H2,1-2H3,(H,16,18). The first-order valence-corrected chi connectivity index (χ1v) is 6.95. The van der Waals surface area contributed by atoms with Crippen molar-refractivity contribution in [2.24, 2.45) is 0 Å². The maximum absolute atomic E-state index is 12.1.